The van der Waals surface area contributed by atoms with E-state index >= 15 is 0 Å². The average molecular weight is 352 g/mol. The van der Waals surface area contributed by atoms with E-state index in [0.29, 0.717) is 16.3 Å². The first-order chi connectivity index (χ1) is 9.94. The molecule has 2 nitrogen and oxygen atoms in total. The smallest absolute Gasteiger partial charge is 0.131 e. The molecule has 4 heteroatoms. The van der Waals surface area contributed by atoms with Crippen LogP contribution in [-0.2, 0) is 6.54 Å². The van der Waals surface area contributed by atoms with Gasteiger partial charge in [-0.2, -0.15) is 0 Å². The monoisotopic (exact) mass is 351 g/mol. The fourth-order valence-electron chi connectivity index (χ4n) is 1.97. The van der Waals surface area contributed by atoms with E-state index in [1.165, 1.54) is 17.7 Å². The summed E-state index contributed by atoms with van der Waals surface area (Å²) in [5, 5.41) is 3.38. The summed E-state index contributed by atoms with van der Waals surface area (Å²) in [5.74, 6) is 0.897. The zero-order chi connectivity index (χ0) is 15.4. The summed E-state index contributed by atoms with van der Waals surface area (Å²) in [6.07, 6.45) is 0. The Labute approximate surface area is 133 Å². The van der Waals surface area contributed by atoms with Crippen LogP contribution < -0.4 is 10.1 Å². The maximum absolute atomic E-state index is 13.4. The van der Waals surface area contributed by atoms with Crippen molar-refractivity contribution in [2.75, 3.05) is 0 Å². The summed E-state index contributed by atoms with van der Waals surface area (Å²) < 4.78 is 19.8. The Morgan fingerprint density at radius 1 is 1.19 bits per heavy atom. The van der Waals surface area contributed by atoms with Gasteiger partial charge in [-0.1, -0.05) is 41.9 Å². The summed E-state index contributed by atoms with van der Waals surface area (Å²) in [5.41, 5.74) is 2.23. The summed E-state index contributed by atoms with van der Waals surface area (Å²) in [6.45, 7) is 7.05. The Hall–Kier alpha value is -1.39. The van der Waals surface area contributed by atoms with Crippen LogP contribution in [-0.4, -0.2) is 6.04 Å². The van der Waals surface area contributed by atoms with Crippen LogP contribution in [0.4, 0.5) is 4.39 Å². The normalized spacial score (nSPS) is 11.0. The highest BCUT2D eigenvalue weighted by Crippen LogP contribution is 2.28. The van der Waals surface area contributed by atoms with Crippen molar-refractivity contribution < 1.29 is 9.13 Å². The van der Waals surface area contributed by atoms with Crippen molar-refractivity contribution in [3.63, 3.8) is 0 Å². The van der Waals surface area contributed by atoms with Gasteiger partial charge in [-0.15, -0.1) is 0 Å². The third kappa shape index (κ3) is 4.83. The lowest BCUT2D eigenvalue weighted by Gasteiger charge is -2.12. The molecule has 0 heterocycles. The fraction of sp³-hybridized carbons (Fsp3) is 0.294. The zero-order valence-corrected chi connectivity index (χ0v) is 14.0. The number of halogens is 2. The van der Waals surface area contributed by atoms with Gasteiger partial charge in [-0.05, 0) is 36.2 Å². The van der Waals surface area contributed by atoms with Crippen LogP contribution in [0.3, 0.4) is 0 Å². The van der Waals surface area contributed by atoms with Gasteiger partial charge < -0.3 is 10.1 Å². The maximum Gasteiger partial charge on any atom is 0.131 e. The molecule has 0 saturated carbocycles. The summed E-state index contributed by atoms with van der Waals surface area (Å²) in [7, 11) is 0. The van der Waals surface area contributed by atoms with E-state index < -0.39 is 0 Å². The molecule has 0 aromatic heterocycles. The lowest BCUT2D eigenvalue weighted by Crippen LogP contribution is -2.21. The van der Waals surface area contributed by atoms with Gasteiger partial charge in [-0.3, -0.25) is 0 Å². The van der Waals surface area contributed by atoms with Crippen molar-refractivity contribution in [1.82, 2.24) is 5.32 Å². The fourth-order valence-corrected chi connectivity index (χ4v) is 2.42. The van der Waals surface area contributed by atoms with Crippen LogP contribution in [0.2, 0.25) is 0 Å². The third-order valence-corrected chi connectivity index (χ3v) is 3.48. The minimum Gasteiger partial charge on any atom is -0.457 e. The largest absolute Gasteiger partial charge is 0.457 e. The number of nitrogens with one attached hydrogen (secondary N) is 1. The highest BCUT2D eigenvalue weighted by atomic mass is 79.9. The third-order valence-electron chi connectivity index (χ3n) is 3.02. The van der Waals surface area contributed by atoms with Gasteiger partial charge in [0.2, 0.25) is 0 Å². The van der Waals surface area contributed by atoms with Crippen LogP contribution in [0.5, 0.6) is 11.5 Å². The Morgan fingerprint density at radius 2 is 1.95 bits per heavy atom. The SMILES string of the molecule is Cc1cc(CNC(C)C)ccc1Oc1cc(F)cc(Br)c1. The van der Waals surface area contributed by atoms with E-state index in [9.17, 15) is 4.39 Å². The molecule has 0 fully saturated rings. The molecule has 2 aromatic rings. The number of hydrogen-bond donors (Lipinski definition) is 1. The number of ether oxygens (including phenoxy) is 1. The molecule has 0 atom stereocenters. The molecule has 0 unspecified atom stereocenters. The molecule has 0 aliphatic rings. The molecule has 0 amide bonds. The van der Waals surface area contributed by atoms with E-state index in [1.54, 1.807) is 6.07 Å². The van der Waals surface area contributed by atoms with Gasteiger partial charge in [-0.25, -0.2) is 4.39 Å². The lowest BCUT2D eigenvalue weighted by molar-refractivity contribution is 0.472. The van der Waals surface area contributed by atoms with Crippen molar-refractivity contribution in [1.29, 1.82) is 0 Å². The van der Waals surface area contributed by atoms with E-state index in [1.807, 2.05) is 19.1 Å². The average Bonchev–Trinajstić information content (AvgIpc) is 2.38. The van der Waals surface area contributed by atoms with Gasteiger partial charge in [0.1, 0.15) is 17.3 Å². The molecule has 21 heavy (non-hydrogen) atoms. The minimum atomic E-state index is -0.324. The first kappa shape index (κ1) is 16.0. The summed E-state index contributed by atoms with van der Waals surface area (Å²) >= 11 is 3.26. The van der Waals surface area contributed by atoms with Crippen molar-refractivity contribution in [2.24, 2.45) is 0 Å². The van der Waals surface area contributed by atoms with Crippen LogP contribution >= 0.6 is 15.9 Å². The van der Waals surface area contributed by atoms with Gasteiger partial charge in [0, 0.05) is 23.1 Å². The Kier molecular flexibility index (Phi) is 5.37. The molecule has 0 saturated heterocycles. The molecular formula is C17H19BrFNO. The highest BCUT2D eigenvalue weighted by molar-refractivity contribution is 9.10. The van der Waals surface area contributed by atoms with Crippen molar-refractivity contribution in [2.45, 2.75) is 33.4 Å². The van der Waals surface area contributed by atoms with E-state index in [2.05, 4.69) is 41.2 Å². The second kappa shape index (κ2) is 7.05. The standard InChI is InChI=1S/C17H19BrFNO/c1-11(2)20-10-13-4-5-17(12(3)6-13)21-16-8-14(18)7-15(19)9-16/h4-9,11,20H,10H2,1-3H3. The molecule has 2 aromatic carbocycles. The first-order valence-electron chi connectivity index (χ1n) is 6.91. The van der Waals surface area contributed by atoms with E-state index in [-0.39, 0.29) is 5.82 Å². The van der Waals surface area contributed by atoms with Crippen LogP contribution in [0, 0.1) is 12.7 Å². The van der Waals surface area contributed by atoms with Crippen LogP contribution in [0.15, 0.2) is 40.9 Å². The number of benzene rings is 2. The van der Waals surface area contributed by atoms with Gasteiger partial charge in [0.15, 0.2) is 0 Å². The molecule has 0 aliphatic heterocycles. The van der Waals surface area contributed by atoms with Crippen molar-refractivity contribution in [3.05, 3.63) is 57.8 Å². The molecule has 112 valence electrons. The zero-order valence-electron chi connectivity index (χ0n) is 12.4. The quantitative estimate of drug-likeness (QED) is 0.800. The summed E-state index contributed by atoms with van der Waals surface area (Å²) in [6, 6.07) is 11.0. The Morgan fingerprint density at radius 3 is 2.57 bits per heavy atom. The first-order valence-corrected chi connectivity index (χ1v) is 7.70. The number of hydrogen-bond acceptors (Lipinski definition) is 2. The lowest BCUT2D eigenvalue weighted by atomic mass is 10.1. The van der Waals surface area contributed by atoms with E-state index in [4.69, 9.17) is 4.74 Å². The van der Waals surface area contributed by atoms with Gasteiger partial charge in [0.05, 0.1) is 0 Å². The maximum atomic E-state index is 13.4. The minimum absolute atomic E-state index is 0.324. The predicted octanol–water partition coefficient (Wildman–Crippen LogP) is 5.19. The van der Waals surface area contributed by atoms with Crippen molar-refractivity contribution >= 4 is 15.9 Å². The molecule has 0 radical (unpaired) electrons. The van der Waals surface area contributed by atoms with Crippen LogP contribution in [0.25, 0.3) is 0 Å². The molecule has 0 aliphatic carbocycles. The highest BCUT2D eigenvalue weighted by Gasteiger charge is 2.06. The van der Waals surface area contributed by atoms with Gasteiger partial charge in [0.25, 0.3) is 0 Å². The molecule has 2 rings (SSSR count). The van der Waals surface area contributed by atoms with Gasteiger partial charge >= 0.3 is 0 Å². The predicted molar refractivity (Wildman–Crippen MR) is 87.3 cm³/mol. The second-order valence-corrected chi connectivity index (χ2v) is 6.26. The topological polar surface area (TPSA) is 21.3 Å². The molecule has 0 bridgehead atoms. The molecule has 0 spiro atoms. The van der Waals surface area contributed by atoms with E-state index in [0.717, 1.165) is 17.9 Å². The Balaban J connectivity index is 2.13. The Bertz CT molecular complexity index is 608. The molecular weight excluding hydrogens is 333 g/mol. The summed E-state index contributed by atoms with van der Waals surface area (Å²) in [4.78, 5) is 0. The second-order valence-electron chi connectivity index (χ2n) is 5.34. The molecule has 1 N–H and O–H groups in total. The number of rotatable bonds is 5. The van der Waals surface area contributed by atoms with Crippen molar-refractivity contribution in [3.8, 4) is 11.5 Å². The van der Waals surface area contributed by atoms with Crippen LogP contribution in [0.1, 0.15) is 25.0 Å². The number of aryl methyl sites for hydroxylation is 1.